The van der Waals surface area contributed by atoms with Crippen LogP contribution in [0.4, 0.5) is 0 Å². The predicted octanol–water partition coefficient (Wildman–Crippen LogP) is 1.26. The number of carbonyl (C=O) groups excluding carboxylic acids is 1. The molecule has 4 saturated heterocycles. The van der Waals surface area contributed by atoms with Crippen molar-refractivity contribution in [3.63, 3.8) is 0 Å². The van der Waals surface area contributed by atoms with Gasteiger partial charge in [-0.1, -0.05) is 27.7 Å². The molecular weight excluding hydrogens is 664 g/mol. The van der Waals surface area contributed by atoms with Gasteiger partial charge in [0, 0.05) is 24.7 Å². The minimum Gasteiger partial charge on any atom is -0.388 e. The molecular formula is C38H60O13. The number of Topliss-reactive ketones (excluding diaryl/α,β-unsaturated/α-hetero) is 1. The molecule has 0 radical (unpaired) electrons. The van der Waals surface area contributed by atoms with Crippen molar-refractivity contribution >= 4 is 5.78 Å². The zero-order valence-corrected chi connectivity index (χ0v) is 30.4. The van der Waals surface area contributed by atoms with E-state index in [1.165, 1.54) is 0 Å². The highest BCUT2D eigenvalue weighted by atomic mass is 16.7. The lowest BCUT2D eigenvalue weighted by Crippen LogP contribution is -2.61. The highest BCUT2D eigenvalue weighted by Gasteiger charge is 2.70. The van der Waals surface area contributed by atoms with Gasteiger partial charge in [0.05, 0.1) is 32.0 Å². The van der Waals surface area contributed by atoms with Crippen LogP contribution >= 0.6 is 0 Å². The Morgan fingerprint density at radius 1 is 0.804 bits per heavy atom. The van der Waals surface area contributed by atoms with Gasteiger partial charge in [-0.3, -0.25) is 4.79 Å². The molecule has 1 spiro atoms. The number of fused-ring (bicyclic) bond motifs is 7. The Morgan fingerprint density at radius 2 is 1.55 bits per heavy atom. The van der Waals surface area contributed by atoms with Crippen LogP contribution < -0.4 is 0 Å². The van der Waals surface area contributed by atoms with Crippen LogP contribution in [0.25, 0.3) is 0 Å². The maximum Gasteiger partial charge on any atom is 0.186 e. The first-order valence-corrected chi connectivity index (χ1v) is 19.6. The van der Waals surface area contributed by atoms with Crippen molar-refractivity contribution in [2.45, 2.75) is 159 Å². The zero-order valence-electron chi connectivity index (χ0n) is 30.4. The minimum absolute atomic E-state index is 0.118. The van der Waals surface area contributed by atoms with Gasteiger partial charge in [0.1, 0.15) is 48.5 Å². The first kappa shape index (κ1) is 37.1. The van der Waals surface area contributed by atoms with E-state index in [9.17, 15) is 35.4 Å². The fraction of sp³-hybridized carbons (Fsp3) is 0.974. The van der Waals surface area contributed by atoms with Crippen LogP contribution in [0.3, 0.4) is 0 Å². The molecule has 0 aromatic heterocycles. The molecule has 290 valence electrons. The highest BCUT2D eigenvalue weighted by molar-refractivity contribution is 5.83. The van der Waals surface area contributed by atoms with E-state index < -0.39 is 67.2 Å². The number of hydrogen-bond acceptors (Lipinski definition) is 13. The summed E-state index contributed by atoms with van der Waals surface area (Å²) in [4.78, 5) is 14.2. The van der Waals surface area contributed by atoms with Gasteiger partial charge >= 0.3 is 0 Å². The first-order chi connectivity index (χ1) is 24.2. The van der Waals surface area contributed by atoms with Gasteiger partial charge in [-0.15, -0.1) is 0 Å². The maximum absolute atomic E-state index is 14.2. The number of carbonyl (C=O) groups is 1. The summed E-state index contributed by atoms with van der Waals surface area (Å²) in [6.45, 7) is 9.54. The molecule has 8 fully saturated rings. The van der Waals surface area contributed by atoms with Crippen molar-refractivity contribution in [1.82, 2.24) is 0 Å². The largest absolute Gasteiger partial charge is 0.388 e. The number of hydrogen-bond donors (Lipinski definition) is 6. The van der Waals surface area contributed by atoms with E-state index in [1.54, 1.807) is 0 Å². The molecule has 51 heavy (non-hydrogen) atoms. The van der Waals surface area contributed by atoms with Crippen molar-refractivity contribution in [2.75, 3.05) is 19.8 Å². The highest BCUT2D eigenvalue weighted by Crippen LogP contribution is 2.71. The Kier molecular flexibility index (Phi) is 9.79. The monoisotopic (exact) mass is 724 g/mol. The van der Waals surface area contributed by atoms with Crippen LogP contribution in [0.5, 0.6) is 0 Å². The zero-order chi connectivity index (χ0) is 36.2. The third-order valence-corrected chi connectivity index (χ3v) is 15.6. The van der Waals surface area contributed by atoms with Gasteiger partial charge < -0.3 is 59.1 Å². The van der Waals surface area contributed by atoms with Crippen molar-refractivity contribution in [2.24, 2.45) is 52.3 Å². The van der Waals surface area contributed by atoms with Gasteiger partial charge in [0.2, 0.25) is 0 Å². The van der Waals surface area contributed by atoms with Crippen LogP contribution in [0.15, 0.2) is 0 Å². The van der Waals surface area contributed by atoms with Crippen molar-refractivity contribution in [3.05, 3.63) is 0 Å². The summed E-state index contributed by atoms with van der Waals surface area (Å²) in [6.07, 6.45) is -4.98. The van der Waals surface area contributed by atoms with E-state index in [2.05, 4.69) is 27.7 Å². The summed E-state index contributed by atoms with van der Waals surface area (Å²) in [7, 11) is 0. The van der Waals surface area contributed by atoms with Gasteiger partial charge in [-0.2, -0.15) is 0 Å². The van der Waals surface area contributed by atoms with Crippen LogP contribution in [-0.2, 0) is 33.2 Å². The molecule has 8 rings (SSSR count). The fourth-order valence-electron chi connectivity index (χ4n) is 12.6. The number of ether oxygens (including phenoxy) is 6. The average Bonchev–Trinajstić information content (AvgIpc) is 3.55. The van der Waals surface area contributed by atoms with Crippen molar-refractivity contribution < 1.29 is 63.9 Å². The molecule has 0 amide bonds. The van der Waals surface area contributed by atoms with Crippen LogP contribution in [0.1, 0.15) is 85.5 Å². The molecule has 8 unspecified atom stereocenters. The molecule has 0 bridgehead atoms. The Bertz CT molecular complexity index is 1290. The Hall–Kier alpha value is -0.810. The van der Waals surface area contributed by atoms with E-state index in [1.807, 2.05) is 0 Å². The lowest BCUT2D eigenvalue weighted by molar-refractivity contribution is -0.330. The van der Waals surface area contributed by atoms with E-state index in [0.29, 0.717) is 54.8 Å². The first-order valence-electron chi connectivity index (χ1n) is 19.6. The third-order valence-electron chi connectivity index (χ3n) is 15.6. The topological polar surface area (TPSA) is 194 Å². The molecule has 21 atom stereocenters. The Morgan fingerprint density at radius 3 is 2.29 bits per heavy atom. The molecule has 8 aliphatic rings. The number of ketones is 1. The molecule has 4 aliphatic heterocycles. The molecule has 0 aromatic rings. The van der Waals surface area contributed by atoms with Gasteiger partial charge in [-0.05, 0) is 85.4 Å². The van der Waals surface area contributed by atoms with Crippen molar-refractivity contribution in [3.8, 4) is 0 Å². The number of rotatable bonds is 5. The number of aliphatic hydroxyl groups is 6. The van der Waals surface area contributed by atoms with Gasteiger partial charge in [0.25, 0.3) is 0 Å². The molecule has 6 N–H and O–H groups in total. The normalized spacial score (nSPS) is 58.5. The second-order valence-electron chi connectivity index (χ2n) is 18.3. The summed E-state index contributed by atoms with van der Waals surface area (Å²) in [6, 6.07) is 0. The Balaban J connectivity index is 0.910. The second kappa shape index (κ2) is 13.4. The molecule has 0 aromatic carbocycles. The molecule has 4 aliphatic carbocycles. The average molecular weight is 725 g/mol. The van der Waals surface area contributed by atoms with E-state index in [0.717, 1.165) is 45.1 Å². The lowest BCUT2D eigenvalue weighted by Gasteiger charge is -2.60. The molecule has 13 heteroatoms. The second-order valence-corrected chi connectivity index (χ2v) is 18.3. The van der Waals surface area contributed by atoms with Gasteiger partial charge in [0.15, 0.2) is 18.4 Å². The van der Waals surface area contributed by atoms with Crippen LogP contribution in [-0.4, -0.2) is 130 Å². The summed E-state index contributed by atoms with van der Waals surface area (Å²) in [5.41, 5.74) is -0.0420. The Labute approximate surface area is 300 Å². The lowest BCUT2D eigenvalue weighted by atomic mass is 9.44. The summed E-state index contributed by atoms with van der Waals surface area (Å²) in [5.74, 6) is 2.18. The molecule has 13 nitrogen and oxygen atoms in total. The predicted molar refractivity (Wildman–Crippen MR) is 177 cm³/mol. The summed E-state index contributed by atoms with van der Waals surface area (Å²) >= 11 is 0. The van der Waals surface area contributed by atoms with Gasteiger partial charge in [-0.25, -0.2) is 0 Å². The summed E-state index contributed by atoms with van der Waals surface area (Å²) in [5, 5.41) is 62.1. The minimum atomic E-state index is -1.59. The molecule has 4 saturated carbocycles. The third kappa shape index (κ3) is 5.91. The molecule has 4 heterocycles. The van der Waals surface area contributed by atoms with E-state index in [4.69, 9.17) is 28.4 Å². The van der Waals surface area contributed by atoms with Crippen LogP contribution in [0.2, 0.25) is 0 Å². The smallest absolute Gasteiger partial charge is 0.186 e. The number of aliphatic hydroxyl groups excluding tert-OH is 6. The van der Waals surface area contributed by atoms with Crippen molar-refractivity contribution in [1.29, 1.82) is 0 Å². The SMILES string of the molecule is CC1CC[C@@]2(OC1)OC1CC3C4CC(=O)C5C[C@@H](O[C@@H]6O[C@H](CO[C@@H]7OC[C@@H](O)[C@@H](O)[C@H]7O)[C@@H](O)[C@H](O)[C@H]6O)CC[C@]5(C)C4CC[C@]3(C)C1C2C. The standard InChI is InChI=1S/C38H60O13/c1-17-5-10-38(48-14-17)18(2)28-26(51-38)13-22-20-12-24(39)23-11-19(6-8-36(23,3)21(20)7-9-37(22,28)4)49-35-33(45)31(43)30(42)27(50-35)16-47-34-32(44)29(41)25(40)15-46-34/h17-23,25-35,40-45H,5-16H2,1-4H3/t17?,18?,19-,20?,21?,22?,23?,25+,26?,27+,28?,29+,30+,31-,32+,33+,34-,35+,36+,37-,38+/m0/s1. The quantitative estimate of drug-likeness (QED) is 0.222. The van der Waals surface area contributed by atoms with E-state index in [-0.39, 0.29) is 41.8 Å². The maximum atomic E-state index is 14.2. The summed E-state index contributed by atoms with van der Waals surface area (Å²) < 4.78 is 36.4. The van der Waals surface area contributed by atoms with E-state index >= 15 is 0 Å². The van der Waals surface area contributed by atoms with Crippen LogP contribution in [0, 0.1) is 52.3 Å². The fourth-order valence-corrected chi connectivity index (χ4v) is 12.6.